The standard InChI is InChI=1S/C9H13F2N3O4S/c10-8(11)6-14-5-7(4-12-14)19(17,18)13-3-1-2-9(15)16/h4-5,8,13H,1-3,6H2,(H,15,16). The first-order valence-electron chi connectivity index (χ1n) is 5.33. The third kappa shape index (κ3) is 5.30. The van der Waals surface area contributed by atoms with E-state index in [1.54, 1.807) is 0 Å². The van der Waals surface area contributed by atoms with Crippen LogP contribution in [0.5, 0.6) is 0 Å². The predicted octanol–water partition coefficient (Wildman–Crippen LogP) is 0.291. The molecule has 0 amide bonds. The lowest BCUT2D eigenvalue weighted by Crippen LogP contribution is -2.25. The minimum absolute atomic E-state index is 0.0470. The van der Waals surface area contributed by atoms with Crippen molar-refractivity contribution in [3.63, 3.8) is 0 Å². The van der Waals surface area contributed by atoms with E-state index in [4.69, 9.17) is 5.11 Å². The third-order valence-corrected chi connectivity index (χ3v) is 3.52. The summed E-state index contributed by atoms with van der Waals surface area (Å²) >= 11 is 0. The highest BCUT2D eigenvalue weighted by molar-refractivity contribution is 7.89. The molecule has 0 fully saturated rings. The van der Waals surface area contributed by atoms with Crippen molar-refractivity contribution in [2.75, 3.05) is 6.54 Å². The number of hydrogen-bond donors (Lipinski definition) is 2. The fourth-order valence-electron chi connectivity index (χ4n) is 1.25. The molecule has 1 heterocycles. The summed E-state index contributed by atoms with van der Waals surface area (Å²) in [6.07, 6.45) is -0.695. The molecule has 0 saturated carbocycles. The maximum absolute atomic E-state index is 12.1. The van der Waals surface area contributed by atoms with Gasteiger partial charge in [0.25, 0.3) is 6.43 Å². The number of halogens is 2. The molecule has 0 aliphatic heterocycles. The molecule has 2 N–H and O–H groups in total. The molecule has 10 heteroatoms. The van der Waals surface area contributed by atoms with Crippen LogP contribution in [-0.4, -0.2) is 42.2 Å². The summed E-state index contributed by atoms with van der Waals surface area (Å²) in [5.74, 6) is -1.02. The molecule has 108 valence electrons. The van der Waals surface area contributed by atoms with Crippen molar-refractivity contribution in [1.82, 2.24) is 14.5 Å². The molecule has 1 aromatic rings. The Balaban J connectivity index is 2.57. The van der Waals surface area contributed by atoms with Gasteiger partial charge in [0.1, 0.15) is 11.4 Å². The maximum Gasteiger partial charge on any atom is 0.303 e. The van der Waals surface area contributed by atoms with Gasteiger partial charge in [-0.2, -0.15) is 5.10 Å². The third-order valence-electron chi connectivity index (χ3n) is 2.10. The number of nitrogens with zero attached hydrogens (tertiary/aromatic N) is 2. The van der Waals surface area contributed by atoms with Crippen LogP contribution in [0.1, 0.15) is 12.8 Å². The highest BCUT2D eigenvalue weighted by Gasteiger charge is 2.17. The van der Waals surface area contributed by atoms with Crippen molar-refractivity contribution in [3.05, 3.63) is 12.4 Å². The summed E-state index contributed by atoms with van der Waals surface area (Å²) in [6.45, 7) is -0.733. The minimum Gasteiger partial charge on any atom is -0.481 e. The van der Waals surface area contributed by atoms with Crippen LogP contribution in [0.25, 0.3) is 0 Å². The molecular weight excluding hydrogens is 284 g/mol. The largest absolute Gasteiger partial charge is 0.481 e. The van der Waals surface area contributed by atoms with Gasteiger partial charge in [-0.3, -0.25) is 9.48 Å². The van der Waals surface area contributed by atoms with E-state index in [0.717, 1.165) is 17.1 Å². The lowest BCUT2D eigenvalue weighted by Gasteiger charge is -2.03. The van der Waals surface area contributed by atoms with Gasteiger partial charge in [-0.15, -0.1) is 0 Å². The highest BCUT2D eigenvalue weighted by atomic mass is 32.2. The molecule has 0 bridgehead atoms. The molecule has 0 aliphatic rings. The second-order valence-electron chi connectivity index (χ2n) is 3.68. The number of sulfonamides is 1. The smallest absolute Gasteiger partial charge is 0.303 e. The summed E-state index contributed by atoms with van der Waals surface area (Å²) in [6, 6.07) is 0. The quantitative estimate of drug-likeness (QED) is 0.672. The van der Waals surface area contributed by atoms with Crippen LogP contribution in [-0.2, 0) is 21.4 Å². The van der Waals surface area contributed by atoms with Crippen molar-refractivity contribution in [1.29, 1.82) is 0 Å². The number of aromatic nitrogens is 2. The van der Waals surface area contributed by atoms with Gasteiger partial charge < -0.3 is 5.11 Å². The van der Waals surface area contributed by atoms with Crippen LogP contribution < -0.4 is 4.72 Å². The molecule has 0 atom stereocenters. The van der Waals surface area contributed by atoms with Crippen LogP contribution in [0.15, 0.2) is 17.3 Å². The molecule has 19 heavy (non-hydrogen) atoms. The van der Waals surface area contributed by atoms with Crippen molar-refractivity contribution in [3.8, 4) is 0 Å². The van der Waals surface area contributed by atoms with Crippen LogP contribution in [0, 0.1) is 0 Å². The van der Waals surface area contributed by atoms with E-state index in [1.807, 2.05) is 0 Å². The van der Waals surface area contributed by atoms with E-state index in [0.29, 0.717) is 0 Å². The van der Waals surface area contributed by atoms with Gasteiger partial charge in [0, 0.05) is 19.2 Å². The Hall–Kier alpha value is -1.55. The minimum atomic E-state index is -3.84. The van der Waals surface area contributed by atoms with E-state index in [1.165, 1.54) is 0 Å². The van der Waals surface area contributed by atoms with Crippen molar-refractivity contribution in [2.45, 2.75) is 30.7 Å². The average molecular weight is 297 g/mol. The molecule has 0 aromatic carbocycles. The fraction of sp³-hybridized carbons (Fsp3) is 0.556. The van der Waals surface area contributed by atoms with Crippen LogP contribution in [0.4, 0.5) is 8.78 Å². The maximum atomic E-state index is 12.1. The molecule has 0 unspecified atom stereocenters. The number of alkyl halides is 2. The molecule has 0 saturated heterocycles. The summed E-state index contributed by atoms with van der Waals surface area (Å²) in [4.78, 5) is 10.0. The van der Waals surface area contributed by atoms with Crippen LogP contribution in [0.2, 0.25) is 0 Å². The topological polar surface area (TPSA) is 101 Å². The zero-order valence-corrected chi connectivity index (χ0v) is 10.6. The summed E-state index contributed by atoms with van der Waals surface area (Å²) < 4.78 is 50.5. The number of hydrogen-bond acceptors (Lipinski definition) is 4. The number of rotatable bonds is 8. The Morgan fingerprint density at radius 2 is 2.21 bits per heavy atom. The first kappa shape index (κ1) is 15.5. The predicted molar refractivity (Wildman–Crippen MR) is 60.3 cm³/mol. The Morgan fingerprint density at radius 1 is 1.53 bits per heavy atom. The Kier molecular flexibility index (Phi) is 5.36. The first-order chi connectivity index (χ1) is 8.81. The van der Waals surface area contributed by atoms with Crippen LogP contribution >= 0.6 is 0 Å². The molecule has 0 radical (unpaired) electrons. The van der Waals surface area contributed by atoms with E-state index in [9.17, 15) is 22.0 Å². The van der Waals surface area contributed by atoms with E-state index in [2.05, 4.69) is 9.82 Å². The molecular formula is C9H13F2N3O4S. The van der Waals surface area contributed by atoms with Crippen molar-refractivity contribution >= 4 is 16.0 Å². The second-order valence-corrected chi connectivity index (χ2v) is 5.45. The lowest BCUT2D eigenvalue weighted by molar-refractivity contribution is -0.137. The SMILES string of the molecule is O=C(O)CCCNS(=O)(=O)c1cnn(CC(F)F)c1. The zero-order valence-electron chi connectivity index (χ0n) is 9.79. The van der Waals surface area contributed by atoms with Gasteiger partial charge in [0.2, 0.25) is 10.0 Å². The lowest BCUT2D eigenvalue weighted by atomic mass is 10.3. The summed E-state index contributed by atoms with van der Waals surface area (Å²) in [7, 11) is -3.84. The monoisotopic (exact) mass is 297 g/mol. The molecule has 0 spiro atoms. The van der Waals surface area contributed by atoms with Crippen molar-refractivity contribution in [2.24, 2.45) is 0 Å². The Labute approximate surface area is 108 Å². The molecule has 0 aliphatic carbocycles. The highest BCUT2D eigenvalue weighted by Crippen LogP contribution is 2.08. The van der Waals surface area contributed by atoms with Gasteiger partial charge in [0.15, 0.2) is 0 Å². The Bertz CT molecular complexity index is 529. The molecule has 1 aromatic heterocycles. The Morgan fingerprint density at radius 3 is 2.79 bits per heavy atom. The number of carbonyl (C=O) groups is 1. The number of carboxylic acid groups (broad SMARTS) is 1. The van der Waals surface area contributed by atoms with Gasteiger partial charge in [-0.1, -0.05) is 0 Å². The van der Waals surface area contributed by atoms with E-state index in [-0.39, 0.29) is 24.3 Å². The fourth-order valence-corrected chi connectivity index (χ4v) is 2.28. The van der Waals surface area contributed by atoms with E-state index >= 15 is 0 Å². The first-order valence-corrected chi connectivity index (χ1v) is 6.81. The second kappa shape index (κ2) is 6.57. The zero-order chi connectivity index (χ0) is 14.5. The van der Waals surface area contributed by atoms with E-state index < -0.39 is 29.0 Å². The van der Waals surface area contributed by atoms with Gasteiger partial charge in [0.05, 0.1) is 6.20 Å². The summed E-state index contributed by atoms with van der Waals surface area (Å²) in [5.41, 5.74) is 0. The number of nitrogens with one attached hydrogen (secondary N) is 1. The molecule has 7 nitrogen and oxygen atoms in total. The van der Waals surface area contributed by atoms with Crippen LogP contribution in [0.3, 0.4) is 0 Å². The molecule has 1 rings (SSSR count). The number of aliphatic carboxylic acids is 1. The van der Waals surface area contributed by atoms with Gasteiger partial charge in [-0.05, 0) is 6.42 Å². The van der Waals surface area contributed by atoms with Gasteiger partial charge >= 0.3 is 5.97 Å². The average Bonchev–Trinajstić information content (AvgIpc) is 2.72. The number of carboxylic acids is 1. The van der Waals surface area contributed by atoms with Gasteiger partial charge in [-0.25, -0.2) is 21.9 Å². The normalized spacial score (nSPS) is 11.9. The van der Waals surface area contributed by atoms with Crippen molar-refractivity contribution < 1.29 is 27.1 Å². The summed E-state index contributed by atoms with van der Waals surface area (Å²) in [5, 5.41) is 11.9.